The van der Waals surface area contributed by atoms with Gasteiger partial charge in [0.25, 0.3) is 0 Å². The van der Waals surface area contributed by atoms with Gasteiger partial charge in [0.05, 0.1) is 64.0 Å². The summed E-state index contributed by atoms with van der Waals surface area (Å²) in [5, 5.41) is 237. The summed E-state index contributed by atoms with van der Waals surface area (Å²) in [6.45, 7) is 0.190. The van der Waals surface area contributed by atoms with Crippen LogP contribution in [-0.4, -0.2) is 404 Å². The second-order valence-electron chi connectivity index (χ2n) is 24.3. The van der Waals surface area contributed by atoms with Gasteiger partial charge in [-0.1, -0.05) is 0 Å². The minimum Gasteiger partial charge on any atom is -0.394 e. The first-order valence-electron chi connectivity index (χ1n) is 30.6. The molecule has 24 N–H and O–H groups in total. The van der Waals surface area contributed by atoms with Crippen molar-refractivity contribution in [2.45, 2.75) is 281 Å². The van der Waals surface area contributed by atoms with Gasteiger partial charge in [-0.15, -0.1) is 0 Å². The van der Waals surface area contributed by atoms with Crippen LogP contribution >= 0.6 is 0 Å². The van der Waals surface area contributed by atoms with Crippen molar-refractivity contribution in [3.05, 3.63) is 0 Å². The third-order valence-electron chi connectivity index (χ3n) is 17.4. The number of carbonyl (C=O) groups is 3. The molecule has 0 radical (unpaired) electrons. The lowest BCUT2D eigenvalue weighted by molar-refractivity contribution is -0.395. The first-order chi connectivity index (χ1) is 44.7. The zero-order valence-corrected chi connectivity index (χ0v) is 52.1. The normalized spacial score (nSPS) is 47.2. The summed E-state index contributed by atoms with van der Waals surface area (Å²) in [5.41, 5.74) is 0. The standard InChI is InChI=1S/C54H93N3O38/c1-13-27(67)34(74)39(79)50(83-13)93-45-26(57-18(6)65)49(89-24(11-62)44(45)92-54-47(38(78)32(72)22(9-60)87-54)95-52-41(81)36(76)29(69)15(3)85-52)90-42(19(7-58)55-16(4)63)30(70)20(66)12-82-48-25(56-17(5)64)33(73)43(23(10-61)88-48)91-53-46(37(77)31(71)21(8-59)86-53)94-51-40(80)35(75)28(68)14(2)84-51/h13-15,19-54,58-62,66-81H,7-12H2,1-6H3,(H,55,63)(H,56,64)(H,57,65)/t13-,14-,15-,19-,20+,21+,22+,23+,24+,25+,26+,27+,28+,29+,30-,31-,32-,33+,34+,35+,36+,37-,38-,39-,40-,41-,42+,43+,44+,45+,46+,47+,48+,49-,50-,51-,52-,53-,54-/m0/s1. The highest BCUT2D eigenvalue weighted by Gasteiger charge is 2.59. The van der Waals surface area contributed by atoms with Gasteiger partial charge in [0.2, 0.25) is 17.7 Å². The molecule has 0 aromatic carbocycles. The summed E-state index contributed by atoms with van der Waals surface area (Å²) >= 11 is 0. The van der Waals surface area contributed by atoms with Crippen molar-refractivity contribution in [1.29, 1.82) is 0 Å². The van der Waals surface area contributed by atoms with E-state index in [2.05, 4.69) is 16.0 Å². The molecule has 41 heteroatoms. The van der Waals surface area contributed by atoms with Crippen LogP contribution in [-0.2, 0) is 80.7 Å². The summed E-state index contributed by atoms with van der Waals surface area (Å²) in [6, 6.07) is -5.60. The van der Waals surface area contributed by atoms with Crippen LogP contribution in [0.5, 0.6) is 0 Å². The SMILES string of the molecule is CC(=O)N[C@H]1[C@H](OC[C@@H](O)[C@H](O)[C@H](O[C@@H]2O[C@H](CO)[C@@H](O[C@@H]3O[C@H](CO)[C@H](O)[C@H](O)[C@H]3O[C@@H]3O[C@@H](C)[C@@H](O)[C@@H](O)[C@@H]3O)[C@H](O[C@@H]3O[C@@H](C)[C@@H](O)[C@@H](O)[C@@H]3O)[C@H]2NC(C)=O)[C@H](CO)NC(C)=O)O[C@H](CO)[C@@H](O[C@@H]2O[C@H](CO)[C@H](O)[C@H](O)[C@H]2O[C@@H]2O[C@@H](C)[C@@H](O)[C@@H](O)[C@@H]2O)[C@@H]1O. The van der Waals surface area contributed by atoms with E-state index in [4.69, 9.17) is 66.3 Å². The Labute approximate surface area is 540 Å². The highest BCUT2D eigenvalue weighted by molar-refractivity contribution is 5.74. The Morgan fingerprint density at radius 1 is 0.379 bits per heavy atom. The van der Waals surface area contributed by atoms with Gasteiger partial charge in [-0.2, -0.15) is 0 Å². The number of hydrogen-bond donors (Lipinski definition) is 24. The second-order valence-corrected chi connectivity index (χ2v) is 24.3. The largest absolute Gasteiger partial charge is 0.394 e. The molecule has 0 saturated carbocycles. The maximum Gasteiger partial charge on any atom is 0.217 e. The van der Waals surface area contributed by atoms with Crippen molar-refractivity contribution >= 4 is 17.7 Å². The molecule has 95 heavy (non-hydrogen) atoms. The highest BCUT2D eigenvalue weighted by Crippen LogP contribution is 2.38. The van der Waals surface area contributed by atoms with E-state index in [1.807, 2.05) is 0 Å². The Morgan fingerprint density at radius 3 is 1.15 bits per heavy atom. The van der Waals surface area contributed by atoms with Crippen molar-refractivity contribution < 1.29 is 188 Å². The van der Waals surface area contributed by atoms with Crippen LogP contribution in [0.1, 0.15) is 41.5 Å². The van der Waals surface area contributed by atoms with E-state index < -0.39 is 297 Å². The molecule has 39 atom stereocenters. The minimum absolute atomic E-state index is 0.879. The van der Waals surface area contributed by atoms with Crippen LogP contribution in [0.4, 0.5) is 0 Å². The number of amides is 3. The van der Waals surface area contributed by atoms with Gasteiger partial charge in [0, 0.05) is 20.8 Å². The summed E-state index contributed by atoms with van der Waals surface area (Å²) in [7, 11) is 0. The van der Waals surface area contributed by atoms with Crippen LogP contribution < -0.4 is 16.0 Å². The van der Waals surface area contributed by atoms with Gasteiger partial charge >= 0.3 is 0 Å². The molecule has 7 aliphatic rings. The Balaban J connectivity index is 1.18. The third kappa shape index (κ3) is 18.0. The van der Waals surface area contributed by atoms with Gasteiger partial charge in [-0.3, -0.25) is 14.4 Å². The smallest absolute Gasteiger partial charge is 0.217 e. The van der Waals surface area contributed by atoms with Gasteiger partial charge in [0.15, 0.2) is 44.0 Å². The predicted molar refractivity (Wildman–Crippen MR) is 297 cm³/mol. The second kappa shape index (κ2) is 34.6. The van der Waals surface area contributed by atoms with Gasteiger partial charge in [-0.25, -0.2) is 0 Å². The molecule has 7 rings (SSSR count). The summed E-state index contributed by atoms with van der Waals surface area (Å²) in [6.07, 6.45) is -69.1. The van der Waals surface area contributed by atoms with Crippen molar-refractivity contribution in [3.63, 3.8) is 0 Å². The lowest BCUT2D eigenvalue weighted by atomic mass is 9.93. The molecule has 0 unspecified atom stereocenters. The van der Waals surface area contributed by atoms with E-state index >= 15 is 0 Å². The van der Waals surface area contributed by atoms with Gasteiger partial charge in [-0.05, 0) is 20.8 Å². The molecular weight excluding hydrogens is 1300 g/mol. The Kier molecular flexibility index (Phi) is 28.9. The van der Waals surface area contributed by atoms with Crippen molar-refractivity contribution in [1.82, 2.24) is 16.0 Å². The molecular formula is C54H93N3O38. The Bertz CT molecular complexity index is 2410. The molecule has 41 nitrogen and oxygen atoms in total. The maximum absolute atomic E-state index is 13.4. The zero-order valence-electron chi connectivity index (χ0n) is 52.1. The first kappa shape index (κ1) is 79.3. The molecule has 0 spiro atoms. The number of aliphatic hydroxyl groups excluding tert-OH is 21. The van der Waals surface area contributed by atoms with Crippen LogP contribution in [0, 0.1) is 0 Å². The number of carbonyl (C=O) groups excluding carboxylic acids is 3. The molecule has 0 aliphatic carbocycles. The highest BCUT2D eigenvalue weighted by atomic mass is 16.8. The summed E-state index contributed by atoms with van der Waals surface area (Å²) in [4.78, 5) is 38.9. The van der Waals surface area contributed by atoms with Crippen molar-refractivity contribution in [2.24, 2.45) is 0 Å². The number of aliphatic hydroxyl groups is 21. The molecule has 0 aromatic rings. The lowest BCUT2D eigenvalue weighted by Gasteiger charge is -2.51. The first-order valence-corrected chi connectivity index (χ1v) is 30.6. The fourth-order valence-corrected chi connectivity index (χ4v) is 12.0. The summed E-state index contributed by atoms with van der Waals surface area (Å²) in [5.74, 6) is -2.75. The quantitative estimate of drug-likeness (QED) is 0.0382. The number of rotatable bonds is 26. The minimum atomic E-state index is -2.45. The van der Waals surface area contributed by atoms with Crippen molar-refractivity contribution in [2.75, 3.05) is 39.6 Å². The molecule has 7 aliphatic heterocycles. The maximum atomic E-state index is 13.4. The van der Waals surface area contributed by atoms with Gasteiger partial charge < -0.3 is 190 Å². The molecule has 552 valence electrons. The number of ether oxygens (including phenoxy) is 14. The topological polar surface area (TPSA) is 641 Å². The van der Waals surface area contributed by atoms with Crippen molar-refractivity contribution in [3.8, 4) is 0 Å². The fourth-order valence-electron chi connectivity index (χ4n) is 12.0. The van der Waals surface area contributed by atoms with Gasteiger partial charge in [0.1, 0.15) is 171 Å². The zero-order chi connectivity index (χ0) is 70.5. The van der Waals surface area contributed by atoms with Crippen LogP contribution in [0.25, 0.3) is 0 Å². The van der Waals surface area contributed by atoms with E-state index in [0.717, 1.165) is 20.8 Å². The van der Waals surface area contributed by atoms with Crippen LogP contribution in [0.3, 0.4) is 0 Å². The fraction of sp³-hybridized carbons (Fsp3) is 0.944. The monoisotopic (exact) mass is 1390 g/mol. The average molecular weight is 1390 g/mol. The molecule has 7 saturated heterocycles. The van der Waals surface area contributed by atoms with E-state index in [1.165, 1.54) is 20.8 Å². The summed E-state index contributed by atoms with van der Waals surface area (Å²) < 4.78 is 82.9. The average Bonchev–Trinajstić information content (AvgIpc) is 0.770. The number of hydrogen-bond acceptors (Lipinski definition) is 38. The Morgan fingerprint density at radius 2 is 0.747 bits per heavy atom. The molecule has 7 heterocycles. The molecule has 3 amide bonds. The van der Waals surface area contributed by atoms with E-state index in [0.29, 0.717) is 0 Å². The predicted octanol–water partition coefficient (Wildman–Crippen LogP) is -15.3. The lowest BCUT2D eigenvalue weighted by Crippen LogP contribution is -2.71. The molecule has 7 fully saturated rings. The van der Waals surface area contributed by atoms with E-state index in [1.54, 1.807) is 0 Å². The van der Waals surface area contributed by atoms with Crippen LogP contribution in [0.15, 0.2) is 0 Å². The van der Waals surface area contributed by atoms with E-state index in [-0.39, 0.29) is 0 Å². The third-order valence-corrected chi connectivity index (χ3v) is 17.4. The van der Waals surface area contributed by atoms with Crippen LogP contribution in [0.2, 0.25) is 0 Å². The number of nitrogens with one attached hydrogen (secondary N) is 3. The Hall–Kier alpha value is -2.99. The molecule has 0 bridgehead atoms. The van der Waals surface area contributed by atoms with E-state index in [9.17, 15) is 122 Å². The molecule has 0 aromatic heterocycles.